The van der Waals surface area contributed by atoms with Crippen LogP contribution in [0.15, 0.2) is 53.1 Å². The van der Waals surface area contributed by atoms with Crippen LogP contribution in [0.5, 0.6) is 0 Å². The Balaban J connectivity index is 1.82. The van der Waals surface area contributed by atoms with E-state index in [1.54, 1.807) is 6.20 Å². The van der Waals surface area contributed by atoms with Crippen LogP contribution >= 0.6 is 15.9 Å². The molecule has 0 bridgehead atoms. The van der Waals surface area contributed by atoms with E-state index in [0.717, 1.165) is 28.6 Å². The molecule has 0 aliphatic heterocycles. The third-order valence-electron chi connectivity index (χ3n) is 3.38. The summed E-state index contributed by atoms with van der Waals surface area (Å²) in [5.74, 6) is 0.0828. The van der Waals surface area contributed by atoms with Crippen molar-refractivity contribution >= 4 is 21.8 Å². The van der Waals surface area contributed by atoms with Crippen molar-refractivity contribution in [1.29, 1.82) is 0 Å². The molecule has 1 aliphatic carbocycles. The van der Waals surface area contributed by atoms with Crippen LogP contribution in [0.2, 0.25) is 0 Å². The minimum atomic E-state index is 0.0828. The average molecular weight is 331 g/mol. The van der Waals surface area contributed by atoms with E-state index >= 15 is 0 Å². The van der Waals surface area contributed by atoms with Gasteiger partial charge in [0.25, 0.3) is 5.91 Å². The topological polar surface area (TPSA) is 33.2 Å². The molecule has 0 N–H and O–H groups in total. The van der Waals surface area contributed by atoms with Gasteiger partial charge in [-0.1, -0.05) is 28.1 Å². The van der Waals surface area contributed by atoms with Crippen molar-refractivity contribution in [2.75, 3.05) is 0 Å². The number of nitrogens with zero attached hydrogens (tertiary/aromatic N) is 2. The number of pyridine rings is 1. The van der Waals surface area contributed by atoms with Crippen molar-refractivity contribution < 1.29 is 4.79 Å². The minimum Gasteiger partial charge on any atom is -0.330 e. The highest BCUT2D eigenvalue weighted by molar-refractivity contribution is 9.10. The van der Waals surface area contributed by atoms with Crippen LogP contribution in [-0.4, -0.2) is 21.8 Å². The number of rotatable bonds is 4. The van der Waals surface area contributed by atoms with E-state index < -0.39 is 0 Å². The molecular formula is C16H15BrN2O. The summed E-state index contributed by atoms with van der Waals surface area (Å²) in [6, 6.07) is 13.7. The van der Waals surface area contributed by atoms with E-state index in [1.165, 1.54) is 0 Å². The van der Waals surface area contributed by atoms with E-state index in [2.05, 4.69) is 20.9 Å². The molecule has 1 fully saturated rings. The summed E-state index contributed by atoms with van der Waals surface area (Å²) in [6.07, 6.45) is 3.95. The second-order valence-corrected chi connectivity index (χ2v) is 5.91. The zero-order valence-corrected chi connectivity index (χ0v) is 12.6. The molecule has 1 amide bonds. The predicted molar refractivity (Wildman–Crippen MR) is 81.3 cm³/mol. The van der Waals surface area contributed by atoms with E-state index in [0.29, 0.717) is 12.6 Å². The summed E-state index contributed by atoms with van der Waals surface area (Å²) in [4.78, 5) is 18.9. The lowest BCUT2D eigenvalue weighted by atomic mass is 10.2. The molecule has 1 heterocycles. The molecule has 102 valence electrons. The zero-order chi connectivity index (χ0) is 13.9. The number of hydrogen-bond donors (Lipinski definition) is 0. The van der Waals surface area contributed by atoms with Crippen LogP contribution in [-0.2, 0) is 6.54 Å². The Morgan fingerprint density at radius 3 is 2.75 bits per heavy atom. The number of hydrogen-bond acceptors (Lipinski definition) is 2. The molecule has 0 atom stereocenters. The first kappa shape index (κ1) is 13.3. The van der Waals surface area contributed by atoms with E-state index in [-0.39, 0.29) is 5.91 Å². The first-order chi connectivity index (χ1) is 9.74. The molecular weight excluding hydrogens is 316 g/mol. The molecule has 3 nitrogen and oxygen atoms in total. The summed E-state index contributed by atoms with van der Waals surface area (Å²) < 4.78 is 0.928. The predicted octanol–water partition coefficient (Wildman–Crippen LogP) is 3.65. The van der Waals surface area contributed by atoms with Gasteiger partial charge in [-0.25, -0.2) is 0 Å². The molecule has 4 heteroatoms. The lowest BCUT2D eigenvalue weighted by Gasteiger charge is -2.22. The number of amides is 1. The SMILES string of the molecule is O=C(c1cccc(Br)c1)N(Cc1ccccn1)C1CC1. The molecule has 1 saturated carbocycles. The van der Waals surface area contributed by atoms with Crippen LogP contribution in [0.3, 0.4) is 0 Å². The fraction of sp³-hybridized carbons (Fsp3) is 0.250. The quantitative estimate of drug-likeness (QED) is 0.857. The van der Waals surface area contributed by atoms with Crippen molar-refractivity contribution in [1.82, 2.24) is 9.88 Å². The van der Waals surface area contributed by atoms with Gasteiger partial charge in [-0.15, -0.1) is 0 Å². The minimum absolute atomic E-state index is 0.0828. The molecule has 0 saturated heterocycles. The Labute approximate surface area is 126 Å². The fourth-order valence-electron chi connectivity index (χ4n) is 2.21. The maximum Gasteiger partial charge on any atom is 0.254 e. The van der Waals surface area contributed by atoms with Gasteiger partial charge in [0.2, 0.25) is 0 Å². The van der Waals surface area contributed by atoms with E-state index in [9.17, 15) is 4.79 Å². The second kappa shape index (κ2) is 5.75. The Morgan fingerprint density at radius 2 is 2.10 bits per heavy atom. The highest BCUT2D eigenvalue weighted by Gasteiger charge is 2.33. The second-order valence-electron chi connectivity index (χ2n) is 5.00. The summed E-state index contributed by atoms with van der Waals surface area (Å²) in [5, 5.41) is 0. The standard InChI is InChI=1S/C16H15BrN2O/c17-13-5-3-4-12(10-13)16(20)19(15-7-8-15)11-14-6-1-2-9-18-14/h1-6,9-10,15H,7-8,11H2. The van der Waals surface area contributed by atoms with Gasteiger partial charge in [-0.05, 0) is 43.2 Å². The van der Waals surface area contributed by atoms with Gasteiger partial charge in [0, 0.05) is 22.3 Å². The molecule has 0 spiro atoms. The number of carbonyl (C=O) groups is 1. The monoisotopic (exact) mass is 330 g/mol. The molecule has 1 aromatic heterocycles. The molecule has 0 radical (unpaired) electrons. The third-order valence-corrected chi connectivity index (χ3v) is 3.87. The summed E-state index contributed by atoms with van der Waals surface area (Å²) in [6.45, 7) is 0.580. The van der Waals surface area contributed by atoms with Gasteiger partial charge in [-0.3, -0.25) is 9.78 Å². The maximum atomic E-state index is 12.7. The van der Waals surface area contributed by atoms with Gasteiger partial charge in [0.05, 0.1) is 12.2 Å². The third kappa shape index (κ3) is 3.07. The Bertz CT molecular complexity index is 611. The molecule has 1 aromatic carbocycles. The number of benzene rings is 1. The number of aromatic nitrogens is 1. The van der Waals surface area contributed by atoms with Gasteiger partial charge >= 0.3 is 0 Å². The van der Waals surface area contributed by atoms with Gasteiger partial charge < -0.3 is 4.90 Å². The van der Waals surface area contributed by atoms with Crippen LogP contribution in [0.1, 0.15) is 28.9 Å². The van der Waals surface area contributed by atoms with Crippen LogP contribution < -0.4 is 0 Å². The molecule has 1 aliphatic rings. The summed E-state index contributed by atoms with van der Waals surface area (Å²) in [5.41, 5.74) is 1.66. The first-order valence-electron chi connectivity index (χ1n) is 6.70. The van der Waals surface area contributed by atoms with E-state index in [4.69, 9.17) is 0 Å². The highest BCUT2D eigenvalue weighted by Crippen LogP contribution is 2.30. The van der Waals surface area contributed by atoms with Crippen LogP contribution in [0, 0.1) is 0 Å². The van der Waals surface area contributed by atoms with Crippen molar-refractivity contribution in [3.8, 4) is 0 Å². The van der Waals surface area contributed by atoms with E-state index in [1.807, 2.05) is 47.4 Å². The van der Waals surface area contributed by atoms with Crippen molar-refractivity contribution in [3.05, 3.63) is 64.4 Å². The molecule has 20 heavy (non-hydrogen) atoms. The summed E-state index contributed by atoms with van der Waals surface area (Å²) >= 11 is 3.42. The normalized spacial score (nSPS) is 14.1. The Hall–Kier alpha value is -1.68. The van der Waals surface area contributed by atoms with Gasteiger partial charge in [0.1, 0.15) is 0 Å². The molecule has 3 rings (SSSR count). The number of carbonyl (C=O) groups excluding carboxylic acids is 1. The lowest BCUT2D eigenvalue weighted by Crippen LogP contribution is -2.32. The molecule has 0 unspecified atom stereocenters. The largest absolute Gasteiger partial charge is 0.330 e. The lowest BCUT2D eigenvalue weighted by molar-refractivity contribution is 0.0727. The van der Waals surface area contributed by atoms with Crippen molar-refractivity contribution in [2.24, 2.45) is 0 Å². The Kier molecular flexibility index (Phi) is 3.83. The highest BCUT2D eigenvalue weighted by atomic mass is 79.9. The fourth-order valence-corrected chi connectivity index (χ4v) is 2.61. The Morgan fingerprint density at radius 1 is 1.25 bits per heavy atom. The molecule has 2 aromatic rings. The zero-order valence-electron chi connectivity index (χ0n) is 11.0. The maximum absolute atomic E-state index is 12.7. The smallest absolute Gasteiger partial charge is 0.254 e. The summed E-state index contributed by atoms with van der Waals surface area (Å²) in [7, 11) is 0. The van der Waals surface area contributed by atoms with Crippen molar-refractivity contribution in [3.63, 3.8) is 0 Å². The average Bonchev–Trinajstić information content (AvgIpc) is 3.30. The van der Waals surface area contributed by atoms with Crippen LogP contribution in [0.4, 0.5) is 0 Å². The van der Waals surface area contributed by atoms with Gasteiger partial charge in [0.15, 0.2) is 0 Å². The first-order valence-corrected chi connectivity index (χ1v) is 7.50. The number of halogens is 1. The van der Waals surface area contributed by atoms with Crippen molar-refractivity contribution in [2.45, 2.75) is 25.4 Å². The van der Waals surface area contributed by atoms with Gasteiger partial charge in [-0.2, -0.15) is 0 Å². The van der Waals surface area contributed by atoms with Crippen LogP contribution in [0.25, 0.3) is 0 Å².